The van der Waals surface area contributed by atoms with E-state index in [-0.39, 0.29) is 5.75 Å². The molecule has 0 unspecified atom stereocenters. The number of benzene rings is 1. The van der Waals surface area contributed by atoms with Gasteiger partial charge in [0.15, 0.2) is 5.82 Å². The number of rotatable bonds is 3. The molecule has 0 bridgehead atoms. The third-order valence-electron chi connectivity index (χ3n) is 2.73. The van der Waals surface area contributed by atoms with Crippen LogP contribution in [0, 0.1) is 0 Å². The lowest BCUT2D eigenvalue weighted by Gasteiger charge is -2.04. The van der Waals surface area contributed by atoms with Crippen molar-refractivity contribution < 1.29 is 5.11 Å². The molecule has 98 valence electrons. The van der Waals surface area contributed by atoms with E-state index in [9.17, 15) is 5.11 Å². The predicted molar refractivity (Wildman–Crippen MR) is 73.9 cm³/mol. The Bertz CT molecular complexity index is 701. The topological polar surface area (TPSA) is 66.6 Å². The van der Waals surface area contributed by atoms with Gasteiger partial charge in [-0.05, 0) is 17.7 Å². The monoisotopic (exact) mass is 275 g/mol. The van der Waals surface area contributed by atoms with Crippen molar-refractivity contribution in [1.82, 2.24) is 19.8 Å². The standard InChI is InChI=1S/C12H13N5OS/c1-16(2)12-15-17-10(13-14-11(17)19-12)7-8-3-5-9(18)6-4-8/h3-6,18H,7H2,1-2H3. The molecule has 0 fully saturated rings. The van der Waals surface area contributed by atoms with Crippen LogP contribution in [0.15, 0.2) is 24.3 Å². The van der Waals surface area contributed by atoms with Crippen molar-refractivity contribution in [3.63, 3.8) is 0 Å². The van der Waals surface area contributed by atoms with E-state index in [0.717, 1.165) is 21.5 Å². The first kappa shape index (κ1) is 11.9. The van der Waals surface area contributed by atoms with Gasteiger partial charge in [0.1, 0.15) is 5.75 Å². The van der Waals surface area contributed by atoms with Gasteiger partial charge < -0.3 is 10.0 Å². The Morgan fingerprint density at radius 2 is 1.95 bits per heavy atom. The van der Waals surface area contributed by atoms with E-state index in [1.165, 1.54) is 11.3 Å². The lowest BCUT2D eigenvalue weighted by atomic mass is 10.1. The summed E-state index contributed by atoms with van der Waals surface area (Å²) >= 11 is 1.50. The molecule has 2 heterocycles. The van der Waals surface area contributed by atoms with Crippen LogP contribution in [0.4, 0.5) is 5.13 Å². The summed E-state index contributed by atoms with van der Waals surface area (Å²) in [7, 11) is 3.90. The molecule has 0 saturated carbocycles. The fourth-order valence-corrected chi connectivity index (χ4v) is 2.52. The first-order valence-corrected chi connectivity index (χ1v) is 6.61. The Kier molecular flexibility index (Phi) is 2.83. The minimum Gasteiger partial charge on any atom is -0.508 e. The summed E-state index contributed by atoms with van der Waals surface area (Å²) in [5.41, 5.74) is 1.06. The molecule has 0 aliphatic carbocycles. The molecule has 3 aromatic rings. The van der Waals surface area contributed by atoms with Gasteiger partial charge in [0.25, 0.3) is 0 Å². The van der Waals surface area contributed by atoms with Crippen molar-refractivity contribution in [2.75, 3.05) is 19.0 Å². The first-order valence-electron chi connectivity index (χ1n) is 5.80. The second-order valence-corrected chi connectivity index (χ2v) is 5.37. The molecular formula is C12H13N5OS. The second kappa shape index (κ2) is 4.51. The van der Waals surface area contributed by atoms with E-state index in [1.54, 1.807) is 16.6 Å². The number of aromatic hydroxyl groups is 1. The lowest BCUT2D eigenvalue weighted by Crippen LogP contribution is -2.09. The highest BCUT2D eigenvalue weighted by Gasteiger charge is 2.12. The van der Waals surface area contributed by atoms with Crippen LogP contribution >= 0.6 is 11.3 Å². The maximum atomic E-state index is 9.27. The Morgan fingerprint density at radius 1 is 1.21 bits per heavy atom. The van der Waals surface area contributed by atoms with Crippen molar-refractivity contribution in [3.8, 4) is 5.75 Å². The molecule has 0 atom stereocenters. The minimum absolute atomic E-state index is 0.263. The highest BCUT2D eigenvalue weighted by atomic mass is 32.1. The van der Waals surface area contributed by atoms with Crippen molar-refractivity contribution in [2.24, 2.45) is 0 Å². The molecule has 0 aliphatic heterocycles. The molecule has 6 nitrogen and oxygen atoms in total. The number of aromatic nitrogens is 4. The SMILES string of the molecule is CN(C)c1nn2c(Cc3ccc(O)cc3)nnc2s1. The quantitative estimate of drug-likeness (QED) is 0.785. The molecule has 19 heavy (non-hydrogen) atoms. The molecule has 7 heteroatoms. The van der Waals surface area contributed by atoms with Gasteiger partial charge in [0.2, 0.25) is 10.1 Å². The summed E-state index contributed by atoms with van der Waals surface area (Å²) in [5.74, 6) is 1.06. The van der Waals surface area contributed by atoms with Gasteiger partial charge in [-0.25, -0.2) is 0 Å². The number of nitrogens with zero attached hydrogens (tertiary/aromatic N) is 5. The summed E-state index contributed by atoms with van der Waals surface area (Å²) in [6.45, 7) is 0. The number of hydrogen-bond acceptors (Lipinski definition) is 6. The van der Waals surface area contributed by atoms with Gasteiger partial charge in [-0.2, -0.15) is 4.52 Å². The van der Waals surface area contributed by atoms with Crippen LogP contribution in [0.2, 0.25) is 0 Å². The molecule has 3 rings (SSSR count). The van der Waals surface area contributed by atoms with E-state index in [1.807, 2.05) is 31.1 Å². The molecule has 0 radical (unpaired) electrons. The number of fused-ring (bicyclic) bond motifs is 1. The van der Waals surface area contributed by atoms with E-state index >= 15 is 0 Å². The van der Waals surface area contributed by atoms with Crippen LogP contribution in [-0.2, 0) is 6.42 Å². The molecule has 0 aliphatic rings. The highest BCUT2D eigenvalue weighted by Crippen LogP contribution is 2.22. The van der Waals surface area contributed by atoms with E-state index in [4.69, 9.17) is 0 Å². The third-order valence-corrected chi connectivity index (χ3v) is 3.79. The number of phenols is 1. The maximum absolute atomic E-state index is 9.27. The first-order chi connectivity index (χ1) is 9.13. The van der Waals surface area contributed by atoms with Crippen LogP contribution in [0.25, 0.3) is 4.96 Å². The zero-order valence-electron chi connectivity index (χ0n) is 10.6. The molecule has 2 aromatic heterocycles. The van der Waals surface area contributed by atoms with Gasteiger partial charge in [-0.3, -0.25) is 0 Å². The number of anilines is 1. The van der Waals surface area contributed by atoms with Crippen LogP contribution in [-0.4, -0.2) is 39.0 Å². The van der Waals surface area contributed by atoms with Crippen molar-refractivity contribution in [3.05, 3.63) is 35.7 Å². The van der Waals surface area contributed by atoms with Gasteiger partial charge in [-0.1, -0.05) is 23.5 Å². The molecule has 1 aromatic carbocycles. The van der Waals surface area contributed by atoms with Crippen LogP contribution in [0.1, 0.15) is 11.4 Å². The van der Waals surface area contributed by atoms with Gasteiger partial charge in [0, 0.05) is 20.5 Å². The van der Waals surface area contributed by atoms with Crippen LogP contribution in [0.3, 0.4) is 0 Å². The summed E-state index contributed by atoms with van der Waals surface area (Å²) in [5, 5.41) is 22.9. The zero-order chi connectivity index (χ0) is 13.4. The average molecular weight is 275 g/mol. The summed E-state index contributed by atoms with van der Waals surface area (Å²) in [6, 6.07) is 7.07. The number of hydrogen-bond donors (Lipinski definition) is 1. The predicted octanol–water partition coefficient (Wildman–Crippen LogP) is 1.55. The average Bonchev–Trinajstić information content (AvgIpc) is 2.94. The van der Waals surface area contributed by atoms with Gasteiger partial charge in [-0.15, -0.1) is 15.3 Å². The molecule has 0 amide bonds. The van der Waals surface area contributed by atoms with Gasteiger partial charge >= 0.3 is 0 Å². The summed E-state index contributed by atoms with van der Waals surface area (Å²) in [4.78, 5) is 2.74. The van der Waals surface area contributed by atoms with E-state index in [0.29, 0.717) is 6.42 Å². The maximum Gasteiger partial charge on any atom is 0.236 e. The third kappa shape index (κ3) is 2.24. The fourth-order valence-electron chi connectivity index (χ4n) is 1.73. The Morgan fingerprint density at radius 3 is 2.63 bits per heavy atom. The largest absolute Gasteiger partial charge is 0.508 e. The van der Waals surface area contributed by atoms with Crippen molar-refractivity contribution in [2.45, 2.75) is 6.42 Å². The molecule has 1 N–H and O–H groups in total. The van der Waals surface area contributed by atoms with Crippen molar-refractivity contribution in [1.29, 1.82) is 0 Å². The second-order valence-electron chi connectivity index (χ2n) is 4.43. The van der Waals surface area contributed by atoms with E-state index in [2.05, 4.69) is 15.3 Å². The fraction of sp³-hybridized carbons (Fsp3) is 0.250. The smallest absolute Gasteiger partial charge is 0.236 e. The molecule has 0 saturated heterocycles. The summed E-state index contributed by atoms with van der Waals surface area (Å²) < 4.78 is 1.77. The lowest BCUT2D eigenvalue weighted by molar-refractivity contribution is 0.475. The zero-order valence-corrected chi connectivity index (χ0v) is 11.4. The molecule has 0 spiro atoms. The number of phenolic OH excluding ortho intramolecular Hbond substituents is 1. The summed E-state index contributed by atoms with van der Waals surface area (Å²) in [6.07, 6.45) is 0.637. The minimum atomic E-state index is 0.263. The van der Waals surface area contributed by atoms with Crippen LogP contribution < -0.4 is 4.90 Å². The van der Waals surface area contributed by atoms with Crippen molar-refractivity contribution >= 4 is 21.4 Å². The Labute approximate surface area is 113 Å². The molecular weight excluding hydrogens is 262 g/mol. The van der Waals surface area contributed by atoms with Crippen LogP contribution in [0.5, 0.6) is 5.75 Å². The van der Waals surface area contributed by atoms with E-state index < -0.39 is 0 Å². The van der Waals surface area contributed by atoms with Gasteiger partial charge in [0.05, 0.1) is 0 Å². The highest BCUT2D eigenvalue weighted by molar-refractivity contribution is 7.20. The Hall–Kier alpha value is -2.15. The normalized spacial score (nSPS) is 11.1. The Balaban J connectivity index is 1.94.